The fourth-order valence-corrected chi connectivity index (χ4v) is 10.1. The molecule has 4 aliphatic carbocycles. The van der Waals surface area contributed by atoms with Gasteiger partial charge in [0, 0.05) is 16.4 Å². The number of ether oxygens (including phenoxy) is 1. The summed E-state index contributed by atoms with van der Waals surface area (Å²) in [5, 5.41) is 1.89. The summed E-state index contributed by atoms with van der Waals surface area (Å²) < 4.78 is 6.33. The average molecular weight is 343 g/mol. The summed E-state index contributed by atoms with van der Waals surface area (Å²) in [6.07, 6.45) is 20.5. The summed E-state index contributed by atoms with van der Waals surface area (Å²) >= 11 is 2.45. The first-order chi connectivity index (χ1) is 11.9. The molecule has 9 atom stereocenters. The quantitative estimate of drug-likeness (QED) is 0.569. The van der Waals surface area contributed by atoms with Gasteiger partial charge in [-0.15, -0.1) is 0 Å². The minimum Gasteiger partial charge on any atom is -0.493 e. The van der Waals surface area contributed by atoms with E-state index in [1.54, 1.807) is 5.57 Å². The molecule has 1 saturated heterocycles. The van der Waals surface area contributed by atoms with Gasteiger partial charge in [-0.05, 0) is 66.9 Å². The SMILES string of the molecule is C1=COC2C(=C1)C1C3CCCCC3SC1C1C3CCCCC3CC21. The van der Waals surface area contributed by atoms with Crippen LogP contribution >= 0.6 is 11.8 Å². The number of allylic oxidation sites excluding steroid dienone is 2. The summed E-state index contributed by atoms with van der Waals surface area (Å²) in [5.41, 5.74) is 1.71. The molecule has 0 aromatic carbocycles. The second-order valence-corrected chi connectivity index (χ2v) is 10.8. The molecule has 5 fully saturated rings. The molecule has 6 rings (SSSR count). The number of hydrogen-bond donors (Lipinski definition) is 0. The van der Waals surface area contributed by atoms with Crippen molar-refractivity contribution in [3.63, 3.8) is 0 Å². The first kappa shape index (κ1) is 14.8. The topological polar surface area (TPSA) is 9.23 Å². The Hall–Kier alpha value is -0.370. The molecule has 9 unspecified atom stereocenters. The smallest absolute Gasteiger partial charge is 0.123 e. The van der Waals surface area contributed by atoms with Crippen molar-refractivity contribution in [1.82, 2.24) is 0 Å². The van der Waals surface area contributed by atoms with E-state index < -0.39 is 0 Å². The highest BCUT2D eigenvalue weighted by molar-refractivity contribution is 8.00. The third kappa shape index (κ3) is 1.95. The maximum absolute atomic E-state index is 6.33. The van der Waals surface area contributed by atoms with Gasteiger partial charge in [0.15, 0.2) is 0 Å². The fraction of sp³-hybridized carbons (Fsp3) is 0.818. The Labute approximate surface area is 150 Å². The molecule has 2 heteroatoms. The third-order valence-corrected chi connectivity index (χ3v) is 10.4. The summed E-state index contributed by atoms with van der Waals surface area (Å²) in [6.45, 7) is 0. The van der Waals surface area contributed by atoms with E-state index in [4.69, 9.17) is 4.74 Å². The highest BCUT2D eigenvalue weighted by atomic mass is 32.2. The molecule has 0 aromatic rings. The average Bonchev–Trinajstić information content (AvgIpc) is 3.20. The summed E-state index contributed by atoms with van der Waals surface area (Å²) in [4.78, 5) is 0. The molecule has 0 spiro atoms. The van der Waals surface area contributed by atoms with Crippen LogP contribution in [-0.4, -0.2) is 16.6 Å². The van der Waals surface area contributed by atoms with E-state index in [9.17, 15) is 0 Å². The van der Waals surface area contributed by atoms with Crippen LogP contribution in [0.5, 0.6) is 0 Å². The second-order valence-electron chi connectivity index (χ2n) is 9.35. The predicted molar refractivity (Wildman–Crippen MR) is 99.8 cm³/mol. The van der Waals surface area contributed by atoms with Crippen LogP contribution in [0.25, 0.3) is 0 Å². The maximum Gasteiger partial charge on any atom is 0.123 e. The first-order valence-corrected chi connectivity index (χ1v) is 11.5. The maximum atomic E-state index is 6.33. The number of fused-ring (bicyclic) bond motifs is 10. The lowest BCUT2D eigenvalue weighted by Crippen LogP contribution is -2.47. The van der Waals surface area contributed by atoms with Gasteiger partial charge in [-0.1, -0.05) is 38.2 Å². The highest BCUT2D eigenvalue weighted by Crippen LogP contribution is 2.66. The van der Waals surface area contributed by atoms with Crippen LogP contribution in [0.2, 0.25) is 0 Å². The lowest BCUT2D eigenvalue weighted by Gasteiger charge is -2.47. The van der Waals surface area contributed by atoms with Crippen molar-refractivity contribution in [2.45, 2.75) is 74.4 Å². The van der Waals surface area contributed by atoms with Gasteiger partial charge < -0.3 is 4.74 Å². The molecule has 2 aliphatic heterocycles. The Morgan fingerprint density at radius 1 is 0.917 bits per heavy atom. The third-order valence-electron chi connectivity index (χ3n) is 8.51. The van der Waals surface area contributed by atoms with E-state index >= 15 is 0 Å². The molecule has 1 nitrogen and oxygen atoms in total. The Balaban J connectivity index is 1.43. The standard InChI is InChI=1S/C22H30OS/c1-2-7-14-13(6-1)12-17-19(14)22-20(16-9-5-11-23-21(16)17)15-8-3-4-10-18(15)24-22/h5,9,11,13-15,17-22H,1-4,6-8,10,12H2. The molecule has 6 aliphatic rings. The minimum atomic E-state index is 0.438. The molecular weight excluding hydrogens is 312 g/mol. The van der Waals surface area contributed by atoms with Crippen LogP contribution in [0.15, 0.2) is 24.0 Å². The largest absolute Gasteiger partial charge is 0.493 e. The Morgan fingerprint density at radius 3 is 2.71 bits per heavy atom. The van der Waals surface area contributed by atoms with Crippen LogP contribution in [-0.2, 0) is 4.74 Å². The van der Waals surface area contributed by atoms with E-state index in [1.165, 1.54) is 57.8 Å². The zero-order chi connectivity index (χ0) is 15.7. The van der Waals surface area contributed by atoms with E-state index in [0.717, 1.165) is 46.0 Å². The molecule has 0 N–H and O–H groups in total. The molecule has 24 heavy (non-hydrogen) atoms. The molecular formula is C22H30OS. The van der Waals surface area contributed by atoms with E-state index in [0.29, 0.717) is 6.10 Å². The molecule has 2 heterocycles. The zero-order valence-corrected chi connectivity index (χ0v) is 15.4. The van der Waals surface area contributed by atoms with Gasteiger partial charge in [-0.3, -0.25) is 0 Å². The second kappa shape index (κ2) is 5.56. The van der Waals surface area contributed by atoms with Crippen LogP contribution < -0.4 is 0 Å². The minimum absolute atomic E-state index is 0.438. The Morgan fingerprint density at radius 2 is 1.75 bits per heavy atom. The Bertz CT molecular complexity index is 581. The number of thioether (sulfide) groups is 1. The van der Waals surface area contributed by atoms with Gasteiger partial charge in [-0.2, -0.15) is 11.8 Å². The van der Waals surface area contributed by atoms with Crippen LogP contribution in [0.1, 0.15) is 57.8 Å². The molecule has 0 aromatic heterocycles. The summed E-state index contributed by atoms with van der Waals surface area (Å²) in [7, 11) is 0. The Kier molecular flexibility index (Phi) is 3.42. The molecule has 0 radical (unpaired) electrons. The van der Waals surface area contributed by atoms with Crippen LogP contribution in [0.4, 0.5) is 0 Å². The summed E-state index contributed by atoms with van der Waals surface area (Å²) in [6, 6.07) is 0. The highest BCUT2D eigenvalue weighted by Gasteiger charge is 2.62. The van der Waals surface area contributed by atoms with Crippen molar-refractivity contribution >= 4 is 11.8 Å². The lowest BCUT2D eigenvalue weighted by molar-refractivity contribution is 0.0354. The van der Waals surface area contributed by atoms with Gasteiger partial charge in [0.1, 0.15) is 6.10 Å². The van der Waals surface area contributed by atoms with Crippen molar-refractivity contribution in [1.29, 1.82) is 0 Å². The van der Waals surface area contributed by atoms with E-state index in [1.807, 2.05) is 6.26 Å². The van der Waals surface area contributed by atoms with E-state index in [-0.39, 0.29) is 0 Å². The predicted octanol–water partition coefficient (Wildman–Crippen LogP) is 5.57. The van der Waals surface area contributed by atoms with Crippen molar-refractivity contribution in [3.05, 3.63) is 24.0 Å². The van der Waals surface area contributed by atoms with Crippen molar-refractivity contribution in [2.24, 2.45) is 35.5 Å². The zero-order valence-electron chi connectivity index (χ0n) is 14.6. The monoisotopic (exact) mass is 342 g/mol. The van der Waals surface area contributed by atoms with Crippen molar-refractivity contribution in [3.8, 4) is 0 Å². The number of hydrogen-bond acceptors (Lipinski definition) is 2. The van der Waals surface area contributed by atoms with Gasteiger partial charge in [-0.25, -0.2) is 0 Å². The van der Waals surface area contributed by atoms with Gasteiger partial charge in [0.25, 0.3) is 0 Å². The molecule has 0 amide bonds. The van der Waals surface area contributed by atoms with Crippen LogP contribution in [0, 0.1) is 35.5 Å². The first-order valence-electron chi connectivity index (χ1n) is 10.6. The fourth-order valence-electron chi connectivity index (χ4n) is 7.78. The van der Waals surface area contributed by atoms with Crippen molar-refractivity contribution < 1.29 is 4.74 Å². The summed E-state index contributed by atoms with van der Waals surface area (Å²) in [5.74, 6) is 5.64. The van der Waals surface area contributed by atoms with E-state index in [2.05, 4.69) is 23.9 Å². The number of rotatable bonds is 0. The molecule has 4 saturated carbocycles. The van der Waals surface area contributed by atoms with Gasteiger partial charge in [0.2, 0.25) is 0 Å². The van der Waals surface area contributed by atoms with Gasteiger partial charge >= 0.3 is 0 Å². The normalized spacial score (nSPS) is 54.7. The molecule has 130 valence electrons. The van der Waals surface area contributed by atoms with Crippen molar-refractivity contribution in [2.75, 3.05) is 0 Å². The van der Waals surface area contributed by atoms with Gasteiger partial charge in [0.05, 0.1) is 6.26 Å². The van der Waals surface area contributed by atoms with Crippen LogP contribution in [0.3, 0.4) is 0 Å². The lowest BCUT2D eigenvalue weighted by atomic mass is 9.61. The molecule has 0 bridgehead atoms.